The molecule has 0 unspecified atom stereocenters. The molecule has 0 saturated carbocycles. The number of carbonyl (C=O) groups is 2. The largest absolute Gasteiger partial charge is 0.441 e. The summed E-state index contributed by atoms with van der Waals surface area (Å²) in [5.74, 6) is -0.895. The second kappa shape index (κ2) is 5.85. The van der Waals surface area contributed by atoms with Crippen LogP contribution in [0.15, 0.2) is 0 Å². The molecule has 0 spiro atoms. The fourth-order valence-electron chi connectivity index (χ4n) is 3.00. The average molecular weight is 301 g/mol. The third kappa shape index (κ3) is 4.90. The van der Waals surface area contributed by atoms with E-state index >= 15 is 0 Å². The van der Waals surface area contributed by atoms with Crippen LogP contribution in [-0.4, -0.2) is 32.5 Å². The molecule has 0 aromatic heterocycles. The van der Waals surface area contributed by atoms with E-state index in [-0.39, 0.29) is 17.4 Å². The van der Waals surface area contributed by atoms with Crippen LogP contribution >= 0.6 is 0 Å². The summed E-state index contributed by atoms with van der Waals surface area (Å²) in [5.41, 5.74) is 0.201. The van der Waals surface area contributed by atoms with Crippen LogP contribution < -0.4 is 5.32 Å². The van der Waals surface area contributed by atoms with E-state index in [9.17, 15) is 9.59 Å². The number of β-lactam (4-membered cyclic amide) rings is 1. The maximum Gasteiger partial charge on any atom is 0.304 e. The third-order valence-corrected chi connectivity index (χ3v) is 6.10. The van der Waals surface area contributed by atoms with Crippen molar-refractivity contribution in [2.24, 2.45) is 11.3 Å². The average Bonchev–Trinajstić information content (AvgIpc) is 2.09. The van der Waals surface area contributed by atoms with Crippen LogP contribution in [0.4, 0.5) is 0 Å². The van der Waals surface area contributed by atoms with Crippen molar-refractivity contribution in [3.63, 3.8) is 0 Å². The SMILES string of the molecule is CC(=O)O[C@H]1NC(=O)[C@@H]1[C@@H](C)O[Si](C)(C)CC(C)(C)C. The normalized spacial score (nSPS) is 24.6. The number of ether oxygens (including phenoxy) is 1. The highest BCUT2D eigenvalue weighted by atomic mass is 28.4. The lowest BCUT2D eigenvalue weighted by molar-refractivity contribution is -0.172. The Kier molecular flexibility index (Phi) is 5.02. The molecule has 3 atom stereocenters. The van der Waals surface area contributed by atoms with Crippen molar-refractivity contribution in [1.29, 1.82) is 0 Å². The summed E-state index contributed by atoms with van der Waals surface area (Å²) in [6, 6.07) is 1.01. The van der Waals surface area contributed by atoms with Crippen molar-refractivity contribution in [3.05, 3.63) is 0 Å². The molecule has 1 fully saturated rings. The Balaban J connectivity index is 2.63. The Bertz CT molecular complexity index is 389. The lowest BCUT2D eigenvalue weighted by Crippen LogP contribution is -2.64. The zero-order chi connectivity index (χ0) is 15.7. The number of nitrogens with one attached hydrogen (secondary N) is 1. The first-order chi connectivity index (χ1) is 8.91. The zero-order valence-electron chi connectivity index (χ0n) is 13.6. The van der Waals surface area contributed by atoms with Gasteiger partial charge in [-0.2, -0.15) is 0 Å². The van der Waals surface area contributed by atoms with Crippen molar-refractivity contribution < 1.29 is 18.8 Å². The minimum Gasteiger partial charge on any atom is -0.441 e. The van der Waals surface area contributed by atoms with Crippen LogP contribution in [-0.2, 0) is 18.8 Å². The second-order valence-electron chi connectivity index (χ2n) is 7.38. The van der Waals surface area contributed by atoms with E-state index in [1.54, 1.807) is 0 Å². The van der Waals surface area contributed by atoms with E-state index in [1.165, 1.54) is 6.92 Å². The van der Waals surface area contributed by atoms with Gasteiger partial charge in [0.2, 0.25) is 5.91 Å². The number of carbonyl (C=O) groups excluding carboxylic acids is 2. The predicted molar refractivity (Wildman–Crippen MR) is 79.5 cm³/mol. The highest BCUT2D eigenvalue weighted by Gasteiger charge is 2.47. The number of rotatable bonds is 5. The maximum atomic E-state index is 11.7. The van der Waals surface area contributed by atoms with Gasteiger partial charge in [0.1, 0.15) is 5.92 Å². The van der Waals surface area contributed by atoms with Gasteiger partial charge in [-0.25, -0.2) is 0 Å². The minimum absolute atomic E-state index is 0.107. The van der Waals surface area contributed by atoms with Crippen molar-refractivity contribution in [2.75, 3.05) is 0 Å². The maximum absolute atomic E-state index is 11.7. The lowest BCUT2D eigenvalue weighted by atomic mass is 9.93. The van der Waals surface area contributed by atoms with Gasteiger partial charge < -0.3 is 14.5 Å². The molecule has 0 radical (unpaired) electrons. The van der Waals surface area contributed by atoms with Gasteiger partial charge in [0, 0.05) is 6.92 Å². The highest BCUT2D eigenvalue weighted by molar-refractivity contribution is 6.71. The summed E-state index contributed by atoms with van der Waals surface area (Å²) >= 11 is 0. The van der Waals surface area contributed by atoms with E-state index in [0.717, 1.165) is 6.04 Å². The van der Waals surface area contributed by atoms with E-state index < -0.39 is 26.4 Å². The summed E-state index contributed by atoms with van der Waals surface area (Å²) in [7, 11) is -1.87. The number of esters is 1. The first-order valence-corrected chi connectivity index (χ1v) is 10.2. The van der Waals surface area contributed by atoms with Crippen molar-refractivity contribution in [3.8, 4) is 0 Å². The fourth-order valence-corrected chi connectivity index (χ4v) is 6.79. The lowest BCUT2D eigenvalue weighted by Gasteiger charge is -2.42. The molecular formula is C14H27NO4Si. The van der Waals surface area contributed by atoms with Gasteiger partial charge in [-0.1, -0.05) is 20.8 Å². The van der Waals surface area contributed by atoms with Gasteiger partial charge in [0.05, 0.1) is 6.10 Å². The molecule has 5 nitrogen and oxygen atoms in total. The Labute approximate surface area is 122 Å². The summed E-state index contributed by atoms with van der Waals surface area (Å²) < 4.78 is 11.3. The molecule has 1 rings (SSSR count). The molecule has 1 amide bonds. The van der Waals surface area contributed by atoms with E-state index in [0.29, 0.717) is 0 Å². The van der Waals surface area contributed by atoms with Gasteiger partial charge in [-0.05, 0) is 31.5 Å². The molecule has 1 heterocycles. The summed E-state index contributed by atoms with van der Waals surface area (Å²) in [5, 5.41) is 2.59. The van der Waals surface area contributed by atoms with Crippen molar-refractivity contribution in [2.45, 2.75) is 66.1 Å². The highest BCUT2D eigenvalue weighted by Crippen LogP contribution is 2.32. The van der Waals surface area contributed by atoms with Crippen LogP contribution in [0, 0.1) is 11.3 Å². The second-order valence-corrected chi connectivity index (χ2v) is 11.5. The van der Waals surface area contributed by atoms with Crippen molar-refractivity contribution in [1.82, 2.24) is 5.32 Å². The van der Waals surface area contributed by atoms with Crippen LogP contribution in [0.25, 0.3) is 0 Å². The molecule has 0 bridgehead atoms. The molecule has 116 valence electrons. The Morgan fingerprint density at radius 2 is 1.95 bits per heavy atom. The van der Waals surface area contributed by atoms with Gasteiger partial charge in [0.15, 0.2) is 14.5 Å². The Morgan fingerprint density at radius 3 is 2.35 bits per heavy atom. The van der Waals surface area contributed by atoms with Gasteiger partial charge in [-0.3, -0.25) is 9.59 Å². The first-order valence-electron chi connectivity index (χ1n) is 7.07. The molecule has 1 saturated heterocycles. The Morgan fingerprint density at radius 1 is 1.40 bits per heavy atom. The van der Waals surface area contributed by atoms with Crippen LogP contribution in [0.2, 0.25) is 19.1 Å². The van der Waals surface area contributed by atoms with Crippen LogP contribution in [0.3, 0.4) is 0 Å². The van der Waals surface area contributed by atoms with E-state index in [1.807, 2.05) is 6.92 Å². The standard InChI is InChI=1S/C14H27NO4Si/c1-9(19-20(6,7)8-14(3,4)5)11-12(17)15-13(11)18-10(2)16/h9,11,13H,8H2,1-7H3,(H,15,17)/t9-,11+,13-/m1/s1. The number of amides is 1. The monoisotopic (exact) mass is 301 g/mol. The Hall–Kier alpha value is -0.883. The molecular weight excluding hydrogens is 274 g/mol. The zero-order valence-corrected chi connectivity index (χ0v) is 14.6. The fraction of sp³-hybridized carbons (Fsp3) is 0.857. The molecule has 1 aliphatic rings. The molecule has 1 N–H and O–H groups in total. The van der Waals surface area contributed by atoms with Gasteiger partial charge >= 0.3 is 5.97 Å². The number of hydrogen-bond acceptors (Lipinski definition) is 4. The predicted octanol–water partition coefficient (Wildman–Crippen LogP) is 2.28. The minimum atomic E-state index is -1.87. The van der Waals surface area contributed by atoms with E-state index in [4.69, 9.17) is 9.16 Å². The molecule has 6 heteroatoms. The topological polar surface area (TPSA) is 64.6 Å². The molecule has 20 heavy (non-hydrogen) atoms. The molecule has 0 aromatic rings. The summed E-state index contributed by atoms with van der Waals surface area (Å²) in [6.07, 6.45) is -0.786. The quantitative estimate of drug-likeness (QED) is 0.481. The van der Waals surface area contributed by atoms with Gasteiger partial charge in [-0.15, -0.1) is 0 Å². The molecule has 0 aromatic carbocycles. The summed E-state index contributed by atoms with van der Waals surface area (Å²) in [6.45, 7) is 14.1. The molecule has 0 aliphatic carbocycles. The van der Waals surface area contributed by atoms with Gasteiger partial charge in [0.25, 0.3) is 0 Å². The van der Waals surface area contributed by atoms with Crippen LogP contribution in [0.1, 0.15) is 34.6 Å². The molecule has 1 aliphatic heterocycles. The van der Waals surface area contributed by atoms with Crippen LogP contribution in [0.5, 0.6) is 0 Å². The number of hydrogen-bond donors (Lipinski definition) is 1. The summed E-state index contributed by atoms with van der Waals surface area (Å²) in [4.78, 5) is 22.7. The van der Waals surface area contributed by atoms with Crippen molar-refractivity contribution >= 4 is 20.2 Å². The van der Waals surface area contributed by atoms with E-state index in [2.05, 4.69) is 39.2 Å². The first kappa shape index (κ1) is 17.2. The smallest absolute Gasteiger partial charge is 0.304 e. The third-order valence-electron chi connectivity index (χ3n) is 3.17.